The van der Waals surface area contributed by atoms with E-state index in [4.69, 9.17) is 9.47 Å². The van der Waals surface area contributed by atoms with E-state index < -0.39 is 0 Å². The molecule has 0 saturated carbocycles. The van der Waals surface area contributed by atoms with E-state index in [1.165, 1.54) is 22.5 Å². The highest BCUT2D eigenvalue weighted by Crippen LogP contribution is 2.36. The Bertz CT molecular complexity index is 436. The monoisotopic (exact) mass is 248 g/mol. The Morgan fingerprint density at radius 1 is 0.944 bits per heavy atom. The van der Waals surface area contributed by atoms with Crippen molar-refractivity contribution in [2.75, 3.05) is 49.6 Å². The summed E-state index contributed by atoms with van der Waals surface area (Å²) < 4.78 is 11.0. The number of nitrogens with zero attached hydrogens (tertiary/aromatic N) is 2. The SMILES string of the molecule is Cc1ccc(N2CCOC2)c(N2CCOC2)c1C. The lowest BCUT2D eigenvalue weighted by molar-refractivity contribution is 0.200. The molecule has 1 aromatic rings. The lowest BCUT2D eigenvalue weighted by Crippen LogP contribution is -2.26. The molecule has 98 valence electrons. The summed E-state index contributed by atoms with van der Waals surface area (Å²) in [6.07, 6.45) is 0. The van der Waals surface area contributed by atoms with Crippen LogP contribution in [0.2, 0.25) is 0 Å². The summed E-state index contributed by atoms with van der Waals surface area (Å²) in [5.41, 5.74) is 5.28. The van der Waals surface area contributed by atoms with E-state index in [1.807, 2.05) is 0 Å². The first-order valence-electron chi connectivity index (χ1n) is 6.53. The topological polar surface area (TPSA) is 24.9 Å². The zero-order valence-electron chi connectivity index (χ0n) is 11.1. The van der Waals surface area contributed by atoms with Gasteiger partial charge in [0.1, 0.15) is 13.5 Å². The molecule has 0 spiro atoms. The predicted molar refractivity (Wildman–Crippen MR) is 72.2 cm³/mol. The molecule has 0 atom stereocenters. The fourth-order valence-corrected chi connectivity index (χ4v) is 2.64. The minimum Gasteiger partial charge on any atom is -0.359 e. The fourth-order valence-electron chi connectivity index (χ4n) is 2.64. The third-order valence-electron chi connectivity index (χ3n) is 3.84. The van der Waals surface area contributed by atoms with Crippen LogP contribution in [0.25, 0.3) is 0 Å². The predicted octanol–water partition coefficient (Wildman–Crippen LogP) is 1.89. The minimum absolute atomic E-state index is 0.699. The van der Waals surface area contributed by atoms with Gasteiger partial charge in [0.25, 0.3) is 0 Å². The molecule has 2 fully saturated rings. The van der Waals surface area contributed by atoms with Gasteiger partial charge in [0.2, 0.25) is 0 Å². The van der Waals surface area contributed by atoms with Crippen LogP contribution in [-0.4, -0.2) is 39.8 Å². The molecule has 0 amide bonds. The van der Waals surface area contributed by atoms with E-state index in [1.54, 1.807) is 0 Å². The molecule has 0 aliphatic carbocycles. The lowest BCUT2D eigenvalue weighted by atomic mass is 10.0. The van der Waals surface area contributed by atoms with E-state index >= 15 is 0 Å². The van der Waals surface area contributed by atoms with Crippen LogP contribution in [0.15, 0.2) is 12.1 Å². The van der Waals surface area contributed by atoms with E-state index in [0.29, 0.717) is 13.5 Å². The van der Waals surface area contributed by atoms with E-state index in [2.05, 4.69) is 35.8 Å². The van der Waals surface area contributed by atoms with E-state index in [9.17, 15) is 0 Å². The molecule has 1 aromatic carbocycles. The summed E-state index contributed by atoms with van der Waals surface area (Å²) in [5, 5.41) is 0. The van der Waals surface area contributed by atoms with Gasteiger partial charge < -0.3 is 19.3 Å². The van der Waals surface area contributed by atoms with Crippen LogP contribution in [0, 0.1) is 13.8 Å². The Kier molecular flexibility index (Phi) is 3.14. The van der Waals surface area contributed by atoms with Gasteiger partial charge in [0.05, 0.1) is 24.6 Å². The Morgan fingerprint density at radius 3 is 2.22 bits per heavy atom. The quantitative estimate of drug-likeness (QED) is 0.798. The first-order valence-corrected chi connectivity index (χ1v) is 6.53. The fraction of sp³-hybridized carbons (Fsp3) is 0.571. The molecule has 18 heavy (non-hydrogen) atoms. The summed E-state index contributed by atoms with van der Waals surface area (Å²) in [5.74, 6) is 0. The summed E-state index contributed by atoms with van der Waals surface area (Å²) in [6, 6.07) is 4.41. The number of ether oxygens (including phenoxy) is 2. The Balaban J connectivity index is 2.03. The number of rotatable bonds is 2. The van der Waals surface area contributed by atoms with Gasteiger partial charge in [0, 0.05) is 13.1 Å². The van der Waals surface area contributed by atoms with Crippen LogP contribution < -0.4 is 9.80 Å². The molecule has 2 aliphatic heterocycles. The summed E-state index contributed by atoms with van der Waals surface area (Å²) in [4.78, 5) is 4.64. The summed E-state index contributed by atoms with van der Waals surface area (Å²) in [6.45, 7) is 9.36. The summed E-state index contributed by atoms with van der Waals surface area (Å²) >= 11 is 0. The van der Waals surface area contributed by atoms with Crippen LogP contribution in [0.3, 0.4) is 0 Å². The Labute approximate surface area is 108 Å². The second-order valence-electron chi connectivity index (χ2n) is 4.98. The van der Waals surface area contributed by atoms with Crippen LogP contribution in [-0.2, 0) is 9.47 Å². The smallest absolute Gasteiger partial charge is 0.119 e. The van der Waals surface area contributed by atoms with Gasteiger partial charge >= 0.3 is 0 Å². The zero-order chi connectivity index (χ0) is 12.5. The minimum atomic E-state index is 0.699. The maximum absolute atomic E-state index is 5.50. The molecule has 2 saturated heterocycles. The Morgan fingerprint density at radius 2 is 1.61 bits per heavy atom. The molecule has 0 N–H and O–H groups in total. The van der Waals surface area contributed by atoms with Gasteiger partial charge in [0.15, 0.2) is 0 Å². The average molecular weight is 248 g/mol. The molecule has 2 heterocycles. The van der Waals surface area contributed by atoms with Crippen molar-refractivity contribution < 1.29 is 9.47 Å². The molecule has 0 radical (unpaired) electrons. The molecule has 0 aromatic heterocycles. The molecule has 2 aliphatic rings. The average Bonchev–Trinajstić information content (AvgIpc) is 3.03. The van der Waals surface area contributed by atoms with Gasteiger partial charge in [-0.3, -0.25) is 0 Å². The third-order valence-corrected chi connectivity index (χ3v) is 3.84. The summed E-state index contributed by atoms with van der Waals surface area (Å²) in [7, 11) is 0. The van der Waals surface area contributed by atoms with E-state index in [0.717, 1.165) is 26.3 Å². The van der Waals surface area contributed by atoms with Crippen LogP contribution in [0.1, 0.15) is 11.1 Å². The highest BCUT2D eigenvalue weighted by molar-refractivity contribution is 5.76. The molecular weight excluding hydrogens is 228 g/mol. The standard InChI is InChI=1S/C14H20N2O2/c1-11-3-4-13(15-5-7-17-9-15)14(12(11)2)16-6-8-18-10-16/h3-4H,5-10H2,1-2H3. The Hall–Kier alpha value is -1.26. The second kappa shape index (κ2) is 4.78. The molecule has 0 unspecified atom stereocenters. The van der Waals surface area contributed by atoms with Gasteiger partial charge in [-0.2, -0.15) is 0 Å². The second-order valence-corrected chi connectivity index (χ2v) is 4.98. The molecule has 0 bridgehead atoms. The van der Waals surface area contributed by atoms with Crippen molar-refractivity contribution in [2.24, 2.45) is 0 Å². The third kappa shape index (κ3) is 1.95. The first kappa shape index (κ1) is 11.8. The van der Waals surface area contributed by atoms with Crippen LogP contribution in [0.5, 0.6) is 0 Å². The number of benzene rings is 1. The van der Waals surface area contributed by atoms with Crippen molar-refractivity contribution in [3.63, 3.8) is 0 Å². The lowest BCUT2D eigenvalue weighted by Gasteiger charge is -2.28. The van der Waals surface area contributed by atoms with Gasteiger partial charge in [-0.1, -0.05) is 6.07 Å². The molecule has 4 nitrogen and oxygen atoms in total. The van der Waals surface area contributed by atoms with Crippen molar-refractivity contribution in [2.45, 2.75) is 13.8 Å². The maximum atomic E-state index is 5.50. The number of hydrogen-bond acceptors (Lipinski definition) is 4. The van der Waals surface area contributed by atoms with Crippen molar-refractivity contribution in [1.82, 2.24) is 0 Å². The van der Waals surface area contributed by atoms with Crippen LogP contribution >= 0.6 is 0 Å². The number of aryl methyl sites for hydroxylation is 1. The highest BCUT2D eigenvalue weighted by atomic mass is 16.5. The normalized spacial score (nSPS) is 19.9. The van der Waals surface area contributed by atoms with Gasteiger partial charge in [-0.25, -0.2) is 0 Å². The maximum Gasteiger partial charge on any atom is 0.119 e. The highest BCUT2D eigenvalue weighted by Gasteiger charge is 2.23. The first-order chi connectivity index (χ1) is 8.77. The van der Waals surface area contributed by atoms with Gasteiger partial charge in [-0.15, -0.1) is 0 Å². The van der Waals surface area contributed by atoms with Crippen molar-refractivity contribution in [1.29, 1.82) is 0 Å². The number of anilines is 2. The van der Waals surface area contributed by atoms with E-state index in [-0.39, 0.29) is 0 Å². The molecule has 4 heteroatoms. The van der Waals surface area contributed by atoms with Crippen molar-refractivity contribution in [3.8, 4) is 0 Å². The number of hydrogen-bond donors (Lipinski definition) is 0. The molecule has 3 rings (SSSR count). The molecular formula is C14H20N2O2. The largest absolute Gasteiger partial charge is 0.359 e. The zero-order valence-corrected chi connectivity index (χ0v) is 11.1. The van der Waals surface area contributed by atoms with Crippen molar-refractivity contribution >= 4 is 11.4 Å². The van der Waals surface area contributed by atoms with Crippen LogP contribution in [0.4, 0.5) is 11.4 Å². The van der Waals surface area contributed by atoms with Gasteiger partial charge in [-0.05, 0) is 31.0 Å². The van der Waals surface area contributed by atoms with Crippen molar-refractivity contribution in [3.05, 3.63) is 23.3 Å².